The molecule has 3 rings (SSSR count). The number of fused-ring (bicyclic) bond motifs is 1. The lowest BCUT2D eigenvalue weighted by atomic mass is 10.1. The van der Waals surface area contributed by atoms with Gasteiger partial charge in [0, 0.05) is 30.6 Å². The third-order valence-electron chi connectivity index (χ3n) is 5.85. The van der Waals surface area contributed by atoms with Crippen molar-refractivity contribution >= 4 is 34.4 Å². The Morgan fingerprint density at radius 3 is 2.34 bits per heavy atom. The summed E-state index contributed by atoms with van der Waals surface area (Å²) in [6.45, 7) is 1.84. The zero-order valence-corrected chi connectivity index (χ0v) is 21.6. The SMILES string of the molecule is COC(=O)C=CC(=O)N(O)CCCCN(C)Cc1ccc(COC(=O)Nc2cccc3ccccc23)cc1. The van der Waals surface area contributed by atoms with Crippen LogP contribution in [0.3, 0.4) is 0 Å². The van der Waals surface area contributed by atoms with Gasteiger partial charge in [-0.2, -0.15) is 0 Å². The smallest absolute Gasteiger partial charge is 0.411 e. The topological polar surface area (TPSA) is 108 Å². The number of rotatable bonds is 12. The predicted octanol–water partition coefficient (Wildman–Crippen LogP) is 4.75. The fourth-order valence-corrected chi connectivity index (χ4v) is 3.81. The maximum Gasteiger partial charge on any atom is 0.411 e. The monoisotopic (exact) mass is 519 g/mol. The molecule has 0 heterocycles. The number of benzene rings is 3. The molecule has 2 N–H and O–H groups in total. The van der Waals surface area contributed by atoms with E-state index < -0.39 is 18.0 Å². The van der Waals surface area contributed by atoms with Crippen LogP contribution in [0.25, 0.3) is 10.8 Å². The van der Waals surface area contributed by atoms with Crippen molar-refractivity contribution in [1.82, 2.24) is 9.96 Å². The van der Waals surface area contributed by atoms with Gasteiger partial charge in [0.15, 0.2) is 0 Å². The molecule has 200 valence electrons. The van der Waals surface area contributed by atoms with Crippen LogP contribution in [0.15, 0.2) is 78.9 Å². The van der Waals surface area contributed by atoms with Crippen molar-refractivity contribution in [1.29, 1.82) is 0 Å². The fourth-order valence-electron chi connectivity index (χ4n) is 3.81. The van der Waals surface area contributed by atoms with Gasteiger partial charge in [-0.3, -0.25) is 15.3 Å². The van der Waals surface area contributed by atoms with Crippen LogP contribution in [0.1, 0.15) is 24.0 Å². The number of hydrogen-bond acceptors (Lipinski definition) is 7. The van der Waals surface area contributed by atoms with Gasteiger partial charge in [-0.1, -0.05) is 60.7 Å². The molecule has 2 amide bonds. The van der Waals surface area contributed by atoms with Crippen LogP contribution in [-0.2, 0) is 32.2 Å². The summed E-state index contributed by atoms with van der Waals surface area (Å²) in [5, 5.41) is 15.2. The number of esters is 1. The third-order valence-corrected chi connectivity index (χ3v) is 5.85. The average Bonchev–Trinajstić information content (AvgIpc) is 2.93. The van der Waals surface area contributed by atoms with E-state index in [4.69, 9.17) is 4.74 Å². The highest BCUT2D eigenvalue weighted by Crippen LogP contribution is 2.23. The van der Waals surface area contributed by atoms with Crippen molar-refractivity contribution in [2.24, 2.45) is 0 Å². The van der Waals surface area contributed by atoms with Crippen LogP contribution >= 0.6 is 0 Å². The Hall–Kier alpha value is -4.21. The van der Waals surface area contributed by atoms with E-state index in [1.54, 1.807) is 0 Å². The number of unbranched alkanes of at least 4 members (excludes halogenated alkanes) is 1. The van der Waals surface area contributed by atoms with Crippen LogP contribution in [0, 0.1) is 0 Å². The maximum atomic E-state index is 12.3. The summed E-state index contributed by atoms with van der Waals surface area (Å²) in [6.07, 6.45) is 2.82. The molecule has 0 aliphatic rings. The highest BCUT2D eigenvalue weighted by Gasteiger charge is 2.09. The lowest BCUT2D eigenvalue weighted by Gasteiger charge is -2.18. The second-order valence-corrected chi connectivity index (χ2v) is 8.81. The number of hydrogen-bond donors (Lipinski definition) is 2. The number of amides is 2. The quantitative estimate of drug-likeness (QED) is 0.117. The molecule has 0 aliphatic heterocycles. The van der Waals surface area contributed by atoms with Gasteiger partial charge in [-0.15, -0.1) is 0 Å². The standard InChI is InChI=1S/C29H33N3O6/c1-31(18-5-6-19-32(36)27(33)16-17-28(34)37-2)20-22-12-14-23(15-13-22)21-38-29(35)30-26-11-7-9-24-8-3-4-10-25(24)26/h3-4,7-17,36H,5-6,18-21H2,1-2H3,(H,30,35). The average molecular weight is 520 g/mol. The van der Waals surface area contributed by atoms with Crippen LogP contribution < -0.4 is 5.32 Å². The van der Waals surface area contributed by atoms with Gasteiger partial charge in [-0.25, -0.2) is 14.7 Å². The van der Waals surface area contributed by atoms with E-state index in [0.29, 0.717) is 17.2 Å². The van der Waals surface area contributed by atoms with Crippen molar-refractivity contribution in [3.05, 3.63) is 90.0 Å². The Morgan fingerprint density at radius 1 is 0.895 bits per heavy atom. The number of nitrogens with zero attached hydrogens (tertiary/aromatic N) is 2. The largest absolute Gasteiger partial charge is 0.466 e. The minimum absolute atomic E-state index is 0.165. The summed E-state index contributed by atoms with van der Waals surface area (Å²) in [5.74, 6) is -1.32. The first kappa shape index (κ1) is 28.4. The number of anilines is 1. The molecule has 0 aromatic heterocycles. The van der Waals surface area contributed by atoms with Crippen molar-refractivity contribution in [2.45, 2.75) is 26.0 Å². The molecule has 0 aliphatic carbocycles. The molecule has 3 aromatic rings. The molecule has 3 aromatic carbocycles. The molecule has 0 bridgehead atoms. The number of methoxy groups -OCH3 is 1. The maximum absolute atomic E-state index is 12.3. The van der Waals surface area contributed by atoms with Gasteiger partial charge in [-0.05, 0) is 49.0 Å². The Balaban J connectivity index is 1.36. The normalized spacial score (nSPS) is 11.1. The summed E-state index contributed by atoms with van der Waals surface area (Å²) in [5.41, 5.74) is 2.71. The number of ether oxygens (including phenoxy) is 2. The number of hydroxylamine groups is 2. The molecular weight excluding hydrogens is 486 g/mol. The van der Waals surface area contributed by atoms with E-state index >= 15 is 0 Å². The molecule has 0 unspecified atom stereocenters. The van der Waals surface area contributed by atoms with Crippen LogP contribution in [0.4, 0.5) is 10.5 Å². The molecule has 0 saturated heterocycles. The summed E-state index contributed by atoms with van der Waals surface area (Å²) >= 11 is 0. The van der Waals surface area contributed by atoms with E-state index in [1.807, 2.05) is 73.8 Å². The zero-order chi connectivity index (χ0) is 27.3. The number of carbonyl (C=O) groups excluding carboxylic acids is 3. The minimum Gasteiger partial charge on any atom is -0.466 e. The summed E-state index contributed by atoms with van der Waals surface area (Å²) < 4.78 is 9.81. The second kappa shape index (κ2) is 14.5. The highest BCUT2D eigenvalue weighted by molar-refractivity contribution is 6.00. The molecular formula is C29H33N3O6. The number of carbonyl (C=O) groups is 3. The van der Waals surface area contributed by atoms with Gasteiger partial charge in [0.1, 0.15) is 6.61 Å². The second-order valence-electron chi connectivity index (χ2n) is 8.81. The van der Waals surface area contributed by atoms with Crippen molar-refractivity contribution in [3.63, 3.8) is 0 Å². The minimum atomic E-state index is -0.668. The lowest BCUT2D eigenvalue weighted by Crippen LogP contribution is -2.27. The Morgan fingerprint density at radius 2 is 1.58 bits per heavy atom. The van der Waals surface area contributed by atoms with Crippen LogP contribution in [0.5, 0.6) is 0 Å². The molecule has 9 heteroatoms. The molecule has 0 atom stereocenters. The van der Waals surface area contributed by atoms with Gasteiger partial charge < -0.3 is 14.4 Å². The molecule has 0 saturated carbocycles. The molecule has 0 radical (unpaired) electrons. The highest BCUT2D eigenvalue weighted by atomic mass is 16.5. The lowest BCUT2D eigenvalue weighted by molar-refractivity contribution is -0.159. The Labute approximate surface area is 222 Å². The first-order chi connectivity index (χ1) is 18.4. The Bertz CT molecular complexity index is 1250. The Kier molecular flexibility index (Phi) is 10.8. The molecule has 38 heavy (non-hydrogen) atoms. The fraction of sp³-hybridized carbons (Fsp3) is 0.276. The van der Waals surface area contributed by atoms with Crippen molar-refractivity contribution in [2.75, 3.05) is 32.6 Å². The van der Waals surface area contributed by atoms with Crippen LogP contribution in [0.2, 0.25) is 0 Å². The van der Waals surface area contributed by atoms with E-state index in [-0.39, 0.29) is 13.2 Å². The van der Waals surface area contributed by atoms with E-state index in [9.17, 15) is 19.6 Å². The number of nitrogens with one attached hydrogen (secondary N) is 1. The van der Waals surface area contributed by atoms with Gasteiger partial charge >= 0.3 is 12.1 Å². The first-order valence-corrected chi connectivity index (χ1v) is 12.3. The van der Waals surface area contributed by atoms with Crippen molar-refractivity contribution in [3.8, 4) is 0 Å². The van der Waals surface area contributed by atoms with Gasteiger partial charge in [0.05, 0.1) is 12.8 Å². The molecule has 9 nitrogen and oxygen atoms in total. The van der Waals surface area contributed by atoms with E-state index in [2.05, 4.69) is 15.0 Å². The van der Waals surface area contributed by atoms with E-state index in [0.717, 1.165) is 53.6 Å². The molecule has 0 spiro atoms. The zero-order valence-electron chi connectivity index (χ0n) is 21.6. The van der Waals surface area contributed by atoms with Crippen LogP contribution in [-0.4, -0.2) is 60.4 Å². The predicted molar refractivity (Wildman–Crippen MR) is 144 cm³/mol. The summed E-state index contributed by atoms with van der Waals surface area (Å²) in [4.78, 5) is 37.2. The van der Waals surface area contributed by atoms with Gasteiger partial charge in [0.2, 0.25) is 0 Å². The van der Waals surface area contributed by atoms with E-state index in [1.165, 1.54) is 7.11 Å². The summed E-state index contributed by atoms with van der Waals surface area (Å²) in [7, 11) is 3.21. The molecule has 0 fully saturated rings. The third kappa shape index (κ3) is 9.02. The summed E-state index contributed by atoms with van der Waals surface area (Å²) in [6, 6.07) is 21.4. The van der Waals surface area contributed by atoms with Crippen molar-refractivity contribution < 1.29 is 29.1 Å². The first-order valence-electron chi connectivity index (χ1n) is 12.3. The van der Waals surface area contributed by atoms with Gasteiger partial charge in [0.25, 0.3) is 5.91 Å².